The molecule has 5 heterocycles. The average Bonchev–Trinajstić information content (AvgIpc) is 3.69. The van der Waals surface area contributed by atoms with E-state index in [0.29, 0.717) is 45.9 Å². The third-order valence-corrected chi connectivity index (χ3v) is 12.7. The topological polar surface area (TPSA) is 183 Å². The molecule has 0 radical (unpaired) electrons. The summed E-state index contributed by atoms with van der Waals surface area (Å²) >= 11 is 6.15. The number of ether oxygens (including phenoxy) is 1. The van der Waals surface area contributed by atoms with Crippen molar-refractivity contribution < 1.29 is 23.6 Å². The minimum atomic E-state index is -0.518. The van der Waals surface area contributed by atoms with Gasteiger partial charge in [0.25, 0.3) is 5.91 Å². The fourth-order valence-corrected chi connectivity index (χ4v) is 9.29. The van der Waals surface area contributed by atoms with E-state index in [1.165, 1.54) is 6.20 Å². The zero-order valence-electron chi connectivity index (χ0n) is 32.6. The number of halogens is 1. The average molecular weight is 817 g/mol. The third kappa shape index (κ3) is 8.24. The zero-order chi connectivity index (χ0) is 40.5. The van der Waals surface area contributed by atoms with E-state index in [2.05, 4.69) is 76.0 Å². The second-order valence-corrected chi connectivity index (χ2v) is 16.5. The first-order chi connectivity index (χ1) is 28.8. The number of benzene rings is 3. The van der Waals surface area contributed by atoms with Gasteiger partial charge in [-0.15, -0.1) is 10.2 Å². The van der Waals surface area contributed by atoms with Gasteiger partial charge in [-0.25, -0.2) is 4.98 Å². The molecule has 4 aliphatic rings. The van der Waals surface area contributed by atoms with Crippen LogP contribution in [0.15, 0.2) is 59.3 Å². The highest BCUT2D eigenvalue weighted by Gasteiger charge is 2.33. The number of hydrogen-bond donors (Lipinski definition) is 2. The van der Waals surface area contributed by atoms with Crippen LogP contribution in [0.3, 0.4) is 0 Å². The predicted molar refractivity (Wildman–Crippen MR) is 220 cm³/mol. The Hall–Kier alpha value is -5.85. The second-order valence-electron chi connectivity index (χ2n) is 16.1. The monoisotopic (exact) mass is 816 g/mol. The summed E-state index contributed by atoms with van der Waals surface area (Å²) in [7, 11) is 0. The number of nitriles is 1. The van der Waals surface area contributed by atoms with Gasteiger partial charge < -0.3 is 24.4 Å². The SMILES string of the molecule is N#Cc1ccc(O[C@H]2CC[C@H](NC(=O)c3cnc(N4CCC(CN5CCN(c6cccc7c6ccc6onc(C8CCC(=O)NC8=O)c67)CC5)CC4)nn3)CC2)cc1Cl. The van der Waals surface area contributed by atoms with Gasteiger partial charge in [-0.2, -0.15) is 5.26 Å². The number of imide groups is 1. The lowest BCUT2D eigenvalue weighted by Gasteiger charge is -2.39. The highest BCUT2D eigenvalue weighted by Crippen LogP contribution is 2.38. The quantitative estimate of drug-likeness (QED) is 0.181. The number of fused-ring (bicyclic) bond motifs is 3. The molecule has 9 rings (SSSR count). The van der Waals surface area contributed by atoms with Crippen molar-refractivity contribution in [3.05, 3.63) is 76.7 Å². The summed E-state index contributed by atoms with van der Waals surface area (Å²) in [5.41, 5.74) is 3.02. The molecule has 1 atom stereocenters. The Morgan fingerprint density at radius 2 is 1.75 bits per heavy atom. The molecule has 3 aromatic carbocycles. The minimum absolute atomic E-state index is 0.0159. The minimum Gasteiger partial charge on any atom is -0.490 e. The molecule has 1 aliphatic carbocycles. The molecule has 1 saturated carbocycles. The number of piperidine rings is 2. The Morgan fingerprint density at radius 3 is 2.47 bits per heavy atom. The van der Waals surface area contributed by atoms with Crippen LogP contribution in [0.2, 0.25) is 5.02 Å². The molecule has 3 amide bonds. The van der Waals surface area contributed by atoms with Gasteiger partial charge in [0.2, 0.25) is 17.8 Å². The van der Waals surface area contributed by atoms with Crippen LogP contribution < -0.4 is 25.2 Å². The smallest absolute Gasteiger partial charge is 0.273 e. The lowest BCUT2D eigenvalue weighted by atomic mass is 9.91. The lowest BCUT2D eigenvalue weighted by Crippen LogP contribution is -2.49. The standard InChI is InChI=1S/C43H45ClN10O5/c44-34-22-30(7-4-27(34)23-45)58-29-8-5-28(6-9-29)47-42(57)35-24-46-43(50-49-35)54-16-14-26(15-17-54)25-52-18-20-53(21-19-52)36-3-1-2-32-31(36)10-12-37-39(32)40(51-59-37)33-11-13-38(55)48-41(33)56/h1-4,7,10,12,22,24,26,28-29,33H,5-6,8-9,11,13-21,25H2,(H,47,57)(H,48,55,56)/t28-,29-,33?. The van der Waals surface area contributed by atoms with Crippen molar-refractivity contribution in [2.45, 2.75) is 69.4 Å². The Kier molecular flexibility index (Phi) is 11.0. The summed E-state index contributed by atoms with van der Waals surface area (Å²) in [5.74, 6) is 0.406. The number of nitrogens with zero attached hydrogens (tertiary/aromatic N) is 8. The summed E-state index contributed by atoms with van der Waals surface area (Å²) in [6.45, 7) is 6.47. The molecular formula is C43H45ClN10O5. The highest BCUT2D eigenvalue weighted by molar-refractivity contribution is 6.31. The van der Waals surface area contributed by atoms with Gasteiger partial charge >= 0.3 is 0 Å². The van der Waals surface area contributed by atoms with Crippen LogP contribution in [0.1, 0.15) is 79.0 Å². The Bertz CT molecular complexity index is 2410. The molecule has 1 unspecified atom stereocenters. The summed E-state index contributed by atoms with van der Waals surface area (Å²) in [6.07, 6.45) is 7.43. The molecule has 4 fully saturated rings. The molecular weight excluding hydrogens is 772 g/mol. The molecule has 2 N–H and O–H groups in total. The third-order valence-electron chi connectivity index (χ3n) is 12.4. The van der Waals surface area contributed by atoms with Crippen molar-refractivity contribution in [3.8, 4) is 11.8 Å². The Morgan fingerprint density at radius 1 is 0.932 bits per heavy atom. The van der Waals surface area contributed by atoms with E-state index in [9.17, 15) is 14.4 Å². The fourth-order valence-electron chi connectivity index (χ4n) is 9.08. The number of amides is 3. The first-order valence-corrected chi connectivity index (χ1v) is 20.9. The van der Waals surface area contributed by atoms with E-state index in [-0.39, 0.29) is 42.0 Å². The maximum absolute atomic E-state index is 13.0. The second kappa shape index (κ2) is 16.8. The number of carbonyl (C=O) groups is 3. The zero-order valence-corrected chi connectivity index (χ0v) is 33.4. The van der Waals surface area contributed by atoms with E-state index in [1.807, 2.05) is 6.07 Å². The van der Waals surface area contributed by atoms with Crippen molar-refractivity contribution >= 4 is 62.7 Å². The van der Waals surface area contributed by atoms with Crippen molar-refractivity contribution in [1.29, 1.82) is 5.26 Å². The number of nitrogens with one attached hydrogen (secondary N) is 2. The van der Waals surface area contributed by atoms with Crippen LogP contribution in [0.5, 0.6) is 5.75 Å². The van der Waals surface area contributed by atoms with Crippen LogP contribution in [-0.4, -0.2) is 101 Å². The number of aromatic nitrogens is 4. The van der Waals surface area contributed by atoms with Crippen LogP contribution in [0, 0.1) is 17.2 Å². The molecule has 0 bridgehead atoms. The van der Waals surface area contributed by atoms with Crippen molar-refractivity contribution in [2.24, 2.45) is 5.92 Å². The highest BCUT2D eigenvalue weighted by atomic mass is 35.5. The van der Waals surface area contributed by atoms with E-state index in [4.69, 9.17) is 26.1 Å². The molecule has 304 valence electrons. The van der Waals surface area contributed by atoms with E-state index in [1.54, 1.807) is 18.2 Å². The molecule has 5 aromatic rings. The fraction of sp³-hybridized carbons (Fsp3) is 0.442. The van der Waals surface area contributed by atoms with Gasteiger partial charge in [0.05, 0.1) is 34.2 Å². The molecule has 2 aromatic heterocycles. The van der Waals surface area contributed by atoms with Gasteiger partial charge in [-0.05, 0) is 86.6 Å². The molecule has 3 saturated heterocycles. The van der Waals surface area contributed by atoms with Gasteiger partial charge in [0.1, 0.15) is 17.5 Å². The van der Waals surface area contributed by atoms with E-state index < -0.39 is 5.92 Å². The van der Waals surface area contributed by atoms with Crippen LogP contribution >= 0.6 is 11.6 Å². The van der Waals surface area contributed by atoms with Gasteiger partial charge in [0, 0.05) is 75.4 Å². The molecule has 3 aliphatic heterocycles. The lowest BCUT2D eigenvalue weighted by molar-refractivity contribution is -0.134. The summed E-state index contributed by atoms with van der Waals surface area (Å²) in [4.78, 5) is 49.2. The molecule has 15 nitrogen and oxygen atoms in total. The normalized spacial score (nSPS) is 22.0. The predicted octanol–water partition coefficient (Wildman–Crippen LogP) is 5.37. The molecule has 16 heteroatoms. The first kappa shape index (κ1) is 38.7. The van der Waals surface area contributed by atoms with Crippen molar-refractivity contribution in [2.75, 3.05) is 55.6 Å². The van der Waals surface area contributed by atoms with Crippen molar-refractivity contribution in [1.82, 2.24) is 35.9 Å². The largest absolute Gasteiger partial charge is 0.490 e. The Labute approximate surface area is 346 Å². The summed E-state index contributed by atoms with van der Waals surface area (Å²) in [5, 5.41) is 30.9. The number of piperazine rings is 1. The summed E-state index contributed by atoms with van der Waals surface area (Å²) in [6, 6.07) is 17.5. The molecule has 59 heavy (non-hydrogen) atoms. The van der Waals surface area contributed by atoms with Gasteiger partial charge in [-0.3, -0.25) is 24.6 Å². The van der Waals surface area contributed by atoms with Gasteiger partial charge in [0.15, 0.2) is 11.3 Å². The number of anilines is 2. The van der Waals surface area contributed by atoms with E-state index in [0.717, 1.165) is 106 Å². The summed E-state index contributed by atoms with van der Waals surface area (Å²) < 4.78 is 11.8. The molecule has 0 spiro atoms. The van der Waals surface area contributed by atoms with Crippen LogP contribution in [0.4, 0.5) is 11.6 Å². The van der Waals surface area contributed by atoms with E-state index >= 15 is 0 Å². The number of rotatable bonds is 9. The van der Waals surface area contributed by atoms with Crippen LogP contribution in [0.25, 0.3) is 21.7 Å². The first-order valence-electron chi connectivity index (χ1n) is 20.5. The number of carbonyl (C=O) groups excluding carboxylic acids is 3. The van der Waals surface area contributed by atoms with Gasteiger partial charge in [-0.1, -0.05) is 28.9 Å². The number of hydrogen-bond acceptors (Lipinski definition) is 13. The Balaban J connectivity index is 0.729. The van der Waals surface area contributed by atoms with Crippen molar-refractivity contribution in [3.63, 3.8) is 0 Å². The maximum Gasteiger partial charge on any atom is 0.273 e. The van der Waals surface area contributed by atoms with Crippen LogP contribution in [-0.2, 0) is 9.59 Å². The maximum atomic E-state index is 13.0.